The fourth-order valence-corrected chi connectivity index (χ4v) is 3.34. The first-order chi connectivity index (χ1) is 11.0. The molecule has 1 amide bonds. The zero-order chi connectivity index (χ0) is 16.6. The molecular formula is C15H10ClN3O3S. The van der Waals surface area contributed by atoms with Crippen molar-refractivity contribution >= 4 is 44.7 Å². The summed E-state index contributed by atoms with van der Waals surface area (Å²) in [6.45, 7) is 0. The summed E-state index contributed by atoms with van der Waals surface area (Å²) in [7, 11) is 1.81. The van der Waals surface area contributed by atoms with E-state index >= 15 is 0 Å². The van der Waals surface area contributed by atoms with Gasteiger partial charge in [-0.3, -0.25) is 14.9 Å². The summed E-state index contributed by atoms with van der Waals surface area (Å²) >= 11 is 7.34. The summed E-state index contributed by atoms with van der Waals surface area (Å²) in [4.78, 5) is 27.2. The molecule has 0 atom stereocenters. The number of hydrogen-bond donors (Lipinski definition) is 0. The summed E-state index contributed by atoms with van der Waals surface area (Å²) in [5.74, 6) is -0.610. The summed E-state index contributed by atoms with van der Waals surface area (Å²) in [6, 6.07) is 11.4. The molecule has 3 aromatic rings. The molecule has 0 radical (unpaired) electrons. The summed E-state index contributed by atoms with van der Waals surface area (Å²) in [6.07, 6.45) is 0. The van der Waals surface area contributed by atoms with E-state index in [1.54, 1.807) is 11.6 Å². The van der Waals surface area contributed by atoms with Crippen molar-refractivity contribution in [3.63, 3.8) is 0 Å². The lowest BCUT2D eigenvalue weighted by Crippen LogP contribution is -2.13. The van der Waals surface area contributed by atoms with Gasteiger partial charge < -0.3 is 4.57 Å². The van der Waals surface area contributed by atoms with Gasteiger partial charge in [0.05, 0.1) is 25.7 Å². The fraction of sp³-hybridized carbons (Fsp3) is 0.0667. The van der Waals surface area contributed by atoms with Gasteiger partial charge in [0.15, 0.2) is 4.80 Å². The van der Waals surface area contributed by atoms with Gasteiger partial charge in [-0.05, 0) is 18.2 Å². The van der Waals surface area contributed by atoms with E-state index in [4.69, 9.17) is 11.6 Å². The Labute approximate surface area is 139 Å². The monoisotopic (exact) mass is 347 g/mol. The minimum atomic E-state index is -0.610. The zero-order valence-electron chi connectivity index (χ0n) is 11.9. The Hall–Kier alpha value is -2.51. The lowest BCUT2D eigenvalue weighted by Gasteiger charge is -1.99. The number of aromatic nitrogens is 1. The van der Waals surface area contributed by atoms with Gasteiger partial charge in [-0.2, -0.15) is 4.99 Å². The predicted octanol–water partition coefficient (Wildman–Crippen LogP) is 3.54. The minimum absolute atomic E-state index is 0.0123. The quantitative estimate of drug-likeness (QED) is 0.525. The van der Waals surface area contributed by atoms with Crippen LogP contribution in [0.5, 0.6) is 0 Å². The molecule has 8 heteroatoms. The van der Waals surface area contributed by atoms with E-state index < -0.39 is 10.8 Å². The Morgan fingerprint density at radius 3 is 2.74 bits per heavy atom. The summed E-state index contributed by atoms with van der Waals surface area (Å²) in [5.41, 5.74) is 0.765. The number of para-hydroxylation sites is 1. The molecule has 23 heavy (non-hydrogen) atoms. The van der Waals surface area contributed by atoms with Gasteiger partial charge >= 0.3 is 0 Å². The number of aryl methyl sites for hydroxylation is 1. The molecule has 0 aliphatic carbocycles. The van der Waals surface area contributed by atoms with Gasteiger partial charge in [0.2, 0.25) is 0 Å². The van der Waals surface area contributed by atoms with Gasteiger partial charge in [0.25, 0.3) is 11.6 Å². The van der Waals surface area contributed by atoms with Crippen LogP contribution < -0.4 is 4.80 Å². The molecule has 0 fully saturated rings. The van der Waals surface area contributed by atoms with E-state index in [1.807, 2.05) is 24.3 Å². The van der Waals surface area contributed by atoms with E-state index in [-0.39, 0.29) is 16.3 Å². The van der Waals surface area contributed by atoms with Crippen LogP contribution in [-0.4, -0.2) is 15.4 Å². The van der Waals surface area contributed by atoms with Gasteiger partial charge in [-0.15, -0.1) is 0 Å². The smallest absolute Gasteiger partial charge is 0.281 e. The molecule has 0 saturated heterocycles. The second kappa shape index (κ2) is 5.94. The highest BCUT2D eigenvalue weighted by molar-refractivity contribution is 7.16. The lowest BCUT2D eigenvalue weighted by atomic mass is 10.2. The molecule has 0 bridgehead atoms. The van der Waals surface area contributed by atoms with Crippen molar-refractivity contribution in [3.05, 3.63) is 68.0 Å². The molecular weight excluding hydrogens is 338 g/mol. The van der Waals surface area contributed by atoms with E-state index in [2.05, 4.69) is 4.99 Å². The number of amides is 1. The number of non-ortho nitro benzene ring substituents is 1. The standard InChI is InChI=1S/C15H10ClN3O3S/c1-18-12-4-2-3-5-13(12)23-15(18)17-14(20)10-8-9(19(21)22)6-7-11(10)16/h2-8H,1H3. The number of nitro groups is 1. The number of nitro benzene ring substituents is 1. The topological polar surface area (TPSA) is 77.5 Å². The molecule has 0 N–H and O–H groups in total. The largest absolute Gasteiger partial charge is 0.319 e. The number of nitrogens with zero attached hydrogens (tertiary/aromatic N) is 3. The zero-order valence-corrected chi connectivity index (χ0v) is 13.5. The average molecular weight is 348 g/mol. The highest BCUT2D eigenvalue weighted by atomic mass is 35.5. The van der Waals surface area contributed by atoms with Crippen LogP contribution in [0.2, 0.25) is 5.02 Å². The first-order valence-electron chi connectivity index (χ1n) is 6.55. The molecule has 0 aliphatic rings. The normalized spacial score (nSPS) is 11.8. The molecule has 2 aromatic carbocycles. The van der Waals surface area contributed by atoms with E-state index in [0.717, 1.165) is 16.3 Å². The fourth-order valence-electron chi connectivity index (χ4n) is 2.13. The first-order valence-corrected chi connectivity index (χ1v) is 7.74. The second-order valence-corrected chi connectivity index (χ2v) is 6.17. The average Bonchev–Trinajstić information content (AvgIpc) is 2.84. The maximum absolute atomic E-state index is 12.4. The molecule has 1 heterocycles. The number of benzene rings is 2. The van der Waals surface area contributed by atoms with E-state index in [1.165, 1.54) is 23.5 Å². The number of fused-ring (bicyclic) bond motifs is 1. The van der Waals surface area contributed by atoms with Gasteiger partial charge in [-0.1, -0.05) is 35.1 Å². The molecule has 116 valence electrons. The number of thiazole rings is 1. The van der Waals surface area contributed by atoms with Crippen LogP contribution in [0.4, 0.5) is 5.69 Å². The van der Waals surface area contributed by atoms with Crippen molar-refractivity contribution in [2.45, 2.75) is 0 Å². The van der Waals surface area contributed by atoms with Crippen molar-refractivity contribution in [1.29, 1.82) is 0 Å². The van der Waals surface area contributed by atoms with Gasteiger partial charge in [0.1, 0.15) is 0 Å². The van der Waals surface area contributed by atoms with Crippen LogP contribution in [0.15, 0.2) is 47.5 Å². The van der Waals surface area contributed by atoms with Crippen LogP contribution in [-0.2, 0) is 7.05 Å². The number of rotatable bonds is 2. The molecule has 0 aliphatic heterocycles. The third-order valence-electron chi connectivity index (χ3n) is 3.30. The van der Waals surface area contributed by atoms with Gasteiger partial charge in [0, 0.05) is 19.2 Å². The Morgan fingerprint density at radius 1 is 1.30 bits per heavy atom. The maximum atomic E-state index is 12.4. The third-order valence-corrected chi connectivity index (χ3v) is 4.75. The van der Waals surface area contributed by atoms with E-state index in [9.17, 15) is 14.9 Å². The Bertz CT molecular complexity index is 1010. The van der Waals surface area contributed by atoms with Crippen LogP contribution in [0.3, 0.4) is 0 Å². The highest BCUT2D eigenvalue weighted by Gasteiger charge is 2.16. The van der Waals surface area contributed by atoms with E-state index in [0.29, 0.717) is 4.80 Å². The molecule has 1 aromatic heterocycles. The number of hydrogen-bond acceptors (Lipinski definition) is 4. The van der Waals surface area contributed by atoms with Crippen molar-refractivity contribution in [1.82, 2.24) is 4.57 Å². The van der Waals surface area contributed by atoms with Crippen molar-refractivity contribution < 1.29 is 9.72 Å². The number of carbonyl (C=O) groups is 1. The molecule has 3 rings (SSSR count). The summed E-state index contributed by atoms with van der Waals surface area (Å²) in [5, 5.41) is 11.0. The third kappa shape index (κ3) is 2.88. The first kappa shape index (κ1) is 15.4. The van der Waals surface area contributed by atoms with Crippen molar-refractivity contribution in [2.75, 3.05) is 0 Å². The molecule has 0 spiro atoms. The van der Waals surface area contributed by atoms with Crippen LogP contribution in [0.25, 0.3) is 10.2 Å². The van der Waals surface area contributed by atoms with Crippen molar-refractivity contribution in [3.8, 4) is 0 Å². The predicted molar refractivity (Wildman–Crippen MR) is 88.8 cm³/mol. The Kier molecular flexibility index (Phi) is 3.97. The second-order valence-electron chi connectivity index (χ2n) is 4.75. The van der Waals surface area contributed by atoms with Crippen molar-refractivity contribution in [2.24, 2.45) is 12.0 Å². The maximum Gasteiger partial charge on any atom is 0.281 e. The Morgan fingerprint density at radius 2 is 2.04 bits per heavy atom. The van der Waals surface area contributed by atoms with Gasteiger partial charge in [-0.25, -0.2) is 0 Å². The minimum Gasteiger partial charge on any atom is -0.319 e. The molecule has 0 saturated carbocycles. The van der Waals surface area contributed by atoms with Crippen LogP contribution in [0.1, 0.15) is 10.4 Å². The molecule has 6 nitrogen and oxygen atoms in total. The summed E-state index contributed by atoms with van der Waals surface area (Å²) < 4.78 is 2.79. The Balaban J connectivity index is 2.11. The lowest BCUT2D eigenvalue weighted by molar-refractivity contribution is -0.384. The number of carbonyl (C=O) groups excluding carboxylic acids is 1. The molecule has 0 unspecified atom stereocenters. The highest BCUT2D eigenvalue weighted by Crippen LogP contribution is 2.23. The SMILES string of the molecule is Cn1c(=NC(=O)c2cc([N+](=O)[O-])ccc2Cl)sc2ccccc21. The van der Waals surface area contributed by atoms with Crippen LogP contribution >= 0.6 is 22.9 Å². The number of halogens is 1. The van der Waals surface area contributed by atoms with Crippen LogP contribution in [0, 0.1) is 10.1 Å².